The number of hydrogen-bond acceptors (Lipinski definition) is 2. The van der Waals surface area contributed by atoms with Gasteiger partial charge in [0.15, 0.2) is 0 Å². The molecule has 0 spiro atoms. The molecule has 98 valence electrons. The van der Waals surface area contributed by atoms with E-state index in [4.69, 9.17) is 5.11 Å². The summed E-state index contributed by atoms with van der Waals surface area (Å²) >= 11 is 3.44. The molecular formula is C14H18BrNO2. The Balaban J connectivity index is 1.97. The first-order valence-corrected chi connectivity index (χ1v) is 6.90. The highest BCUT2D eigenvalue weighted by Crippen LogP contribution is 2.48. The highest BCUT2D eigenvalue weighted by atomic mass is 79.9. The molecule has 2 N–H and O–H groups in total. The minimum Gasteiger partial charge on any atom is -0.394 e. The maximum absolute atomic E-state index is 12.0. The number of nitrogens with one attached hydrogen (secondary N) is 1. The average Bonchev–Trinajstić information content (AvgIpc) is 3.08. The van der Waals surface area contributed by atoms with Crippen molar-refractivity contribution in [3.8, 4) is 0 Å². The van der Waals surface area contributed by atoms with Gasteiger partial charge in [0.25, 0.3) is 0 Å². The summed E-state index contributed by atoms with van der Waals surface area (Å²) in [4.78, 5) is 12.0. The Morgan fingerprint density at radius 2 is 2.28 bits per heavy atom. The van der Waals surface area contributed by atoms with Crippen molar-refractivity contribution in [3.63, 3.8) is 0 Å². The fourth-order valence-corrected chi connectivity index (χ4v) is 2.47. The van der Waals surface area contributed by atoms with Crippen LogP contribution in [0.4, 0.5) is 0 Å². The highest BCUT2D eigenvalue weighted by Gasteiger charge is 2.44. The Morgan fingerprint density at radius 3 is 2.89 bits per heavy atom. The van der Waals surface area contributed by atoms with Gasteiger partial charge in [-0.05, 0) is 43.9 Å². The Labute approximate surface area is 116 Å². The molecule has 0 saturated heterocycles. The van der Waals surface area contributed by atoms with Gasteiger partial charge in [-0.15, -0.1) is 0 Å². The van der Waals surface area contributed by atoms with E-state index in [-0.39, 0.29) is 18.4 Å². The predicted molar refractivity (Wildman–Crippen MR) is 74.3 cm³/mol. The van der Waals surface area contributed by atoms with E-state index >= 15 is 0 Å². The lowest BCUT2D eigenvalue weighted by Crippen LogP contribution is -2.47. The van der Waals surface area contributed by atoms with Gasteiger partial charge in [0.1, 0.15) is 0 Å². The lowest BCUT2D eigenvalue weighted by molar-refractivity contribution is -0.124. The molecule has 0 aromatic heterocycles. The summed E-state index contributed by atoms with van der Waals surface area (Å²) in [6, 6.07) is 8.09. The molecule has 1 aromatic carbocycles. The first kappa shape index (κ1) is 13.6. The van der Waals surface area contributed by atoms with Gasteiger partial charge in [-0.3, -0.25) is 4.79 Å². The van der Waals surface area contributed by atoms with E-state index in [1.165, 1.54) is 5.56 Å². The molecule has 1 aliphatic carbocycles. The molecule has 0 aliphatic heterocycles. The number of aliphatic hydroxyl groups excluding tert-OH is 1. The standard InChI is InChI=1S/C14H18BrNO2/c1-14(2,8-17)16-13(18)12-7-11(12)9-4-3-5-10(15)6-9/h3-6,11-12,17H,7-8H2,1-2H3,(H,16,18). The van der Waals surface area contributed by atoms with E-state index in [0.717, 1.165) is 10.9 Å². The second kappa shape index (κ2) is 5.02. The number of aliphatic hydroxyl groups is 1. The van der Waals surface area contributed by atoms with Gasteiger partial charge in [-0.25, -0.2) is 0 Å². The van der Waals surface area contributed by atoms with Crippen LogP contribution in [0, 0.1) is 5.92 Å². The minimum absolute atomic E-state index is 0.0408. The summed E-state index contributed by atoms with van der Waals surface area (Å²) in [7, 11) is 0. The summed E-state index contributed by atoms with van der Waals surface area (Å²) in [5, 5.41) is 12.0. The van der Waals surface area contributed by atoms with Crippen molar-refractivity contribution in [1.29, 1.82) is 0 Å². The van der Waals surface area contributed by atoms with Crippen molar-refractivity contribution in [2.24, 2.45) is 5.92 Å². The van der Waals surface area contributed by atoms with E-state index < -0.39 is 5.54 Å². The van der Waals surface area contributed by atoms with Crippen LogP contribution >= 0.6 is 15.9 Å². The van der Waals surface area contributed by atoms with Crippen LogP contribution in [0.2, 0.25) is 0 Å². The summed E-state index contributed by atoms with van der Waals surface area (Å²) in [5.74, 6) is 0.404. The van der Waals surface area contributed by atoms with E-state index in [1.54, 1.807) is 0 Å². The van der Waals surface area contributed by atoms with Crippen molar-refractivity contribution < 1.29 is 9.90 Å². The third-order valence-corrected chi connectivity index (χ3v) is 3.75. The summed E-state index contributed by atoms with van der Waals surface area (Å²) < 4.78 is 1.04. The Hall–Kier alpha value is -0.870. The minimum atomic E-state index is -0.540. The van der Waals surface area contributed by atoms with Gasteiger partial charge in [0.05, 0.1) is 12.1 Å². The van der Waals surface area contributed by atoms with Crippen LogP contribution in [-0.4, -0.2) is 23.2 Å². The molecule has 3 nitrogen and oxygen atoms in total. The van der Waals surface area contributed by atoms with Crippen molar-refractivity contribution in [2.45, 2.75) is 31.7 Å². The van der Waals surface area contributed by atoms with Gasteiger partial charge in [-0.2, -0.15) is 0 Å². The van der Waals surface area contributed by atoms with Crippen LogP contribution in [0.25, 0.3) is 0 Å². The second-order valence-electron chi connectivity index (χ2n) is 5.53. The third-order valence-electron chi connectivity index (χ3n) is 3.26. The van der Waals surface area contributed by atoms with Crippen LogP contribution in [0.15, 0.2) is 28.7 Å². The van der Waals surface area contributed by atoms with Crippen molar-refractivity contribution in [3.05, 3.63) is 34.3 Å². The van der Waals surface area contributed by atoms with E-state index in [2.05, 4.69) is 33.4 Å². The molecule has 0 radical (unpaired) electrons. The number of carbonyl (C=O) groups excluding carboxylic acids is 1. The zero-order chi connectivity index (χ0) is 13.3. The molecule has 1 saturated carbocycles. The first-order valence-electron chi connectivity index (χ1n) is 6.11. The van der Waals surface area contributed by atoms with Crippen molar-refractivity contribution >= 4 is 21.8 Å². The smallest absolute Gasteiger partial charge is 0.224 e. The second-order valence-corrected chi connectivity index (χ2v) is 6.45. The zero-order valence-corrected chi connectivity index (χ0v) is 12.2. The van der Waals surface area contributed by atoms with Crippen molar-refractivity contribution in [1.82, 2.24) is 5.32 Å². The zero-order valence-electron chi connectivity index (χ0n) is 10.6. The molecule has 1 aliphatic rings. The van der Waals surface area contributed by atoms with Gasteiger partial charge in [0, 0.05) is 10.4 Å². The van der Waals surface area contributed by atoms with Gasteiger partial charge in [0.2, 0.25) is 5.91 Å². The number of rotatable bonds is 4. The summed E-state index contributed by atoms with van der Waals surface area (Å²) in [6.07, 6.45) is 0.893. The fourth-order valence-electron chi connectivity index (χ4n) is 2.06. The monoisotopic (exact) mass is 311 g/mol. The van der Waals surface area contributed by atoms with Crippen LogP contribution in [0.5, 0.6) is 0 Å². The van der Waals surface area contributed by atoms with Crippen molar-refractivity contribution in [2.75, 3.05) is 6.61 Å². The maximum atomic E-state index is 12.0. The molecule has 2 atom stereocenters. The highest BCUT2D eigenvalue weighted by molar-refractivity contribution is 9.10. The van der Waals surface area contributed by atoms with E-state index in [1.807, 2.05) is 26.0 Å². The molecule has 1 amide bonds. The van der Waals surface area contributed by atoms with Gasteiger partial charge in [-0.1, -0.05) is 28.1 Å². The maximum Gasteiger partial charge on any atom is 0.224 e. The molecular weight excluding hydrogens is 294 g/mol. The molecule has 1 aromatic rings. The molecule has 4 heteroatoms. The van der Waals surface area contributed by atoms with Crippen LogP contribution in [0.3, 0.4) is 0 Å². The molecule has 0 heterocycles. The van der Waals surface area contributed by atoms with Crippen LogP contribution < -0.4 is 5.32 Å². The number of amides is 1. The quantitative estimate of drug-likeness (QED) is 0.897. The predicted octanol–water partition coefficient (Wildman–Crippen LogP) is 2.44. The normalized spacial score (nSPS) is 22.7. The number of carbonyl (C=O) groups is 1. The lowest BCUT2D eigenvalue weighted by Gasteiger charge is -2.23. The molecule has 2 rings (SSSR count). The first-order chi connectivity index (χ1) is 8.43. The molecule has 18 heavy (non-hydrogen) atoms. The Kier molecular flexibility index (Phi) is 3.78. The number of halogens is 1. The van der Waals surface area contributed by atoms with Crippen LogP contribution in [-0.2, 0) is 4.79 Å². The largest absolute Gasteiger partial charge is 0.394 e. The fraction of sp³-hybridized carbons (Fsp3) is 0.500. The third kappa shape index (κ3) is 3.12. The topological polar surface area (TPSA) is 49.3 Å². The van der Waals surface area contributed by atoms with Crippen LogP contribution in [0.1, 0.15) is 31.7 Å². The van der Waals surface area contributed by atoms with Gasteiger partial charge >= 0.3 is 0 Å². The summed E-state index contributed by atoms with van der Waals surface area (Å²) in [6.45, 7) is 3.59. The van der Waals surface area contributed by atoms with Gasteiger partial charge < -0.3 is 10.4 Å². The number of benzene rings is 1. The SMILES string of the molecule is CC(C)(CO)NC(=O)C1CC1c1cccc(Br)c1. The number of hydrogen-bond donors (Lipinski definition) is 2. The molecule has 0 bridgehead atoms. The summed E-state index contributed by atoms with van der Waals surface area (Å²) in [5.41, 5.74) is 0.660. The van der Waals surface area contributed by atoms with E-state index in [0.29, 0.717) is 5.92 Å². The lowest BCUT2D eigenvalue weighted by atomic mass is 10.1. The Morgan fingerprint density at radius 1 is 1.56 bits per heavy atom. The molecule has 1 fully saturated rings. The Bertz CT molecular complexity index is 459. The molecule has 2 unspecified atom stereocenters. The van der Waals surface area contributed by atoms with E-state index in [9.17, 15) is 4.79 Å². The average molecular weight is 312 g/mol.